The Labute approximate surface area is 117 Å². The summed E-state index contributed by atoms with van der Waals surface area (Å²) < 4.78 is 7.28. The van der Waals surface area contributed by atoms with Gasteiger partial charge in [-0.1, -0.05) is 0 Å². The van der Waals surface area contributed by atoms with Gasteiger partial charge in [-0.05, 0) is 20.5 Å². The Balaban J connectivity index is 2.06. The SMILES string of the molecule is CNc1nc(OCCCN(C)C)nc(-n2ccnc2)n1. The van der Waals surface area contributed by atoms with Gasteiger partial charge in [0.2, 0.25) is 11.9 Å². The van der Waals surface area contributed by atoms with Gasteiger partial charge in [0.25, 0.3) is 0 Å². The molecule has 1 N–H and O–H groups in total. The highest BCUT2D eigenvalue weighted by Gasteiger charge is 2.08. The van der Waals surface area contributed by atoms with Crippen LogP contribution >= 0.6 is 0 Å². The minimum absolute atomic E-state index is 0.312. The summed E-state index contributed by atoms with van der Waals surface area (Å²) in [7, 11) is 5.81. The van der Waals surface area contributed by atoms with Crippen molar-refractivity contribution in [1.29, 1.82) is 0 Å². The molecule has 0 saturated heterocycles. The first kappa shape index (κ1) is 14.2. The van der Waals surface area contributed by atoms with Gasteiger partial charge in [-0.15, -0.1) is 0 Å². The van der Waals surface area contributed by atoms with E-state index in [0.717, 1.165) is 13.0 Å². The molecule has 20 heavy (non-hydrogen) atoms. The minimum Gasteiger partial charge on any atom is -0.463 e. The Morgan fingerprint density at radius 1 is 1.30 bits per heavy atom. The highest BCUT2D eigenvalue weighted by molar-refractivity contribution is 5.29. The quantitative estimate of drug-likeness (QED) is 0.735. The van der Waals surface area contributed by atoms with E-state index in [0.29, 0.717) is 24.5 Å². The monoisotopic (exact) mass is 277 g/mol. The first-order valence-corrected chi connectivity index (χ1v) is 6.38. The maximum absolute atomic E-state index is 5.57. The van der Waals surface area contributed by atoms with Crippen LogP contribution < -0.4 is 10.1 Å². The average Bonchev–Trinajstić information content (AvgIpc) is 2.97. The summed E-state index contributed by atoms with van der Waals surface area (Å²) >= 11 is 0. The van der Waals surface area contributed by atoms with Crippen molar-refractivity contribution in [3.8, 4) is 12.0 Å². The number of ether oxygens (including phenoxy) is 1. The zero-order valence-electron chi connectivity index (χ0n) is 11.9. The molecule has 8 nitrogen and oxygen atoms in total. The van der Waals surface area contributed by atoms with Crippen LogP contribution in [0.15, 0.2) is 18.7 Å². The first-order chi connectivity index (χ1) is 9.69. The Morgan fingerprint density at radius 3 is 2.80 bits per heavy atom. The number of aromatic nitrogens is 5. The van der Waals surface area contributed by atoms with Crippen molar-refractivity contribution in [3.63, 3.8) is 0 Å². The van der Waals surface area contributed by atoms with Crippen LogP contribution in [0.5, 0.6) is 6.01 Å². The van der Waals surface area contributed by atoms with E-state index in [1.807, 2.05) is 14.1 Å². The van der Waals surface area contributed by atoms with Gasteiger partial charge < -0.3 is 15.0 Å². The summed E-state index contributed by atoms with van der Waals surface area (Å²) in [4.78, 5) is 18.8. The fourth-order valence-electron chi connectivity index (χ4n) is 1.56. The number of hydrogen-bond acceptors (Lipinski definition) is 7. The lowest BCUT2D eigenvalue weighted by Crippen LogP contribution is -2.16. The van der Waals surface area contributed by atoms with Crippen molar-refractivity contribution < 1.29 is 4.74 Å². The summed E-state index contributed by atoms with van der Waals surface area (Å²) in [6.07, 6.45) is 5.98. The molecular formula is C12H19N7O. The maximum atomic E-state index is 5.57. The molecule has 2 heterocycles. The smallest absolute Gasteiger partial charge is 0.323 e. The van der Waals surface area contributed by atoms with Crippen molar-refractivity contribution in [1.82, 2.24) is 29.4 Å². The van der Waals surface area contributed by atoms with E-state index < -0.39 is 0 Å². The third-order valence-electron chi connectivity index (χ3n) is 2.54. The van der Waals surface area contributed by atoms with Crippen molar-refractivity contribution >= 4 is 5.95 Å². The van der Waals surface area contributed by atoms with Gasteiger partial charge >= 0.3 is 6.01 Å². The number of nitrogens with zero attached hydrogens (tertiary/aromatic N) is 6. The predicted molar refractivity (Wildman–Crippen MR) is 75.2 cm³/mol. The topological polar surface area (TPSA) is 81.0 Å². The highest BCUT2D eigenvalue weighted by atomic mass is 16.5. The Hall–Kier alpha value is -2.22. The van der Waals surface area contributed by atoms with Crippen LogP contribution in [0, 0.1) is 0 Å². The average molecular weight is 277 g/mol. The summed E-state index contributed by atoms with van der Waals surface area (Å²) in [6.45, 7) is 1.52. The number of anilines is 1. The minimum atomic E-state index is 0.312. The van der Waals surface area contributed by atoms with Crippen LogP contribution in [0.4, 0.5) is 5.95 Å². The molecule has 0 unspecified atom stereocenters. The van der Waals surface area contributed by atoms with Crippen molar-refractivity contribution in [3.05, 3.63) is 18.7 Å². The van der Waals surface area contributed by atoms with Gasteiger partial charge in [-0.2, -0.15) is 15.0 Å². The van der Waals surface area contributed by atoms with E-state index in [9.17, 15) is 0 Å². The van der Waals surface area contributed by atoms with Gasteiger partial charge in [0.15, 0.2) is 0 Å². The van der Waals surface area contributed by atoms with E-state index in [-0.39, 0.29) is 0 Å². The van der Waals surface area contributed by atoms with Gasteiger partial charge in [0.05, 0.1) is 6.61 Å². The second kappa shape index (κ2) is 6.80. The van der Waals surface area contributed by atoms with E-state index in [4.69, 9.17) is 4.74 Å². The zero-order valence-corrected chi connectivity index (χ0v) is 11.9. The van der Waals surface area contributed by atoms with Crippen LogP contribution in [0.2, 0.25) is 0 Å². The van der Waals surface area contributed by atoms with Crippen LogP contribution in [0.25, 0.3) is 5.95 Å². The first-order valence-electron chi connectivity index (χ1n) is 6.38. The normalized spacial score (nSPS) is 10.8. The molecule has 0 atom stereocenters. The van der Waals surface area contributed by atoms with Gasteiger partial charge in [-0.25, -0.2) is 4.98 Å². The van der Waals surface area contributed by atoms with Crippen molar-refractivity contribution in [2.75, 3.05) is 39.6 Å². The van der Waals surface area contributed by atoms with Gasteiger partial charge in [0.1, 0.15) is 6.33 Å². The molecular weight excluding hydrogens is 258 g/mol. The summed E-state index contributed by atoms with van der Waals surface area (Å²) in [5.74, 6) is 0.941. The number of nitrogens with one attached hydrogen (secondary N) is 1. The second-order valence-electron chi connectivity index (χ2n) is 4.47. The molecule has 2 aromatic heterocycles. The number of hydrogen-bond donors (Lipinski definition) is 1. The maximum Gasteiger partial charge on any atom is 0.323 e. The molecule has 2 rings (SSSR count). The summed E-state index contributed by atoms with van der Waals surface area (Å²) in [5.41, 5.74) is 0. The lowest BCUT2D eigenvalue weighted by Gasteiger charge is -2.10. The third kappa shape index (κ3) is 3.89. The molecule has 0 aromatic carbocycles. The molecule has 108 valence electrons. The Morgan fingerprint density at radius 2 is 2.15 bits per heavy atom. The standard InChI is InChI=1S/C12H19N7O/c1-13-10-15-11(19-7-5-14-9-19)17-12(16-10)20-8-4-6-18(2)3/h5,7,9H,4,6,8H2,1-3H3,(H,13,15,16,17). The Kier molecular flexibility index (Phi) is 4.83. The Bertz CT molecular complexity index is 527. The lowest BCUT2D eigenvalue weighted by molar-refractivity contribution is 0.263. The third-order valence-corrected chi connectivity index (χ3v) is 2.54. The molecule has 0 aliphatic rings. The summed E-state index contributed by atoms with van der Waals surface area (Å²) in [6, 6.07) is 0.312. The molecule has 0 fully saturated rings. The lowest BCUT2D eigenvalue weighted by atomic mass is 10.4. The molecule has 0 radical (unpaired) electrons. The van der Waals surface area contributed by atoms with E-state index in [1.54, 1.807) is 30.3 Å². The molecule has 0 saturated carbocycles. The zero-order chi connectivity index (χ0) is 14.4. The molecule has 8 heteroatoms. The molecule has 0 amide bonds. The number of rotatable bonds is 7. The summed E-state index contributed by atoms with van der Waals surface area (Å²) in [5, 5.41) is 2.89. The van der Waals surface area contributed by atoms with Gasteiger partial charge in [-0.3, -0.25) is 4.57 Å². The fourth-order valence-corrected chi connectivity index (χ4v) is 1.56. The molecule has 0 spiro atoms. The molecule has 0 aliphatic heterocycles. The number of imidazole rings is 1. The van der Waals surface area contributed by atoms with Crippen LogP contribution in [0.1, 0.15) is 6.42 Å². The van der Waals surface area contributed by atoms with E-state index >= 15 is 0 Å². The van der Waals surface area contributed by atoms with Crippen molar-refractivity contribution in [2.24, 2.45) is 0 Å². The van der Waals surface area contributed by atoms with E-state index in [1.165, 1.54) is 0 Å². The van der Waals surface area contributed by atoms with Crippen LogP contribution in [-0.2, 0) is 0 Å². The largest absolute Gasteiger partial charge is 0.463 e. The predicted octanol–water partition coefficient (Wildman–Crippen LogP) is 0.429. The molecule has 0 bridgehead atoms. The molecule has 0 aliphatic carbocycles. The second-order valence-corrected chi connectivity index (χ2v) is 4.47. The van der Waals surface area contributed by atoms with Crippen LogP contribution in [0.3, 0.4) is 0 Å². The van der Waals surface area contributed by atoms with Gasteiger partial charge in [0, 0.05) is 26.0 Å². The van der Waals surface area contributed by atoms with Crippen molar-refractivity contribution in [2.45, 2.75) is 6.42 Å². The highest BCUT2D eigenvalue weighted by Crippen LogP contribution is 2.10. The fraction of sp³-hybridized carbons (Fsp3) is 0.500. The van der Waals surface area contributed by atoms with E-state index in [2.05, 4.69) is 30.2 Å². The van der Waals surface area contributed by atoms with Crippen LogP contribution in [-0.4, -0.2) is 63.7 Å². The molecule has 2 aromatic rings.